The van der Waals surface area contributed by atoms with Crippen LogP contribution in [0.15, 0.2) is 15.9 Å². The summed E-state index contributed by atoms with van der Waals surface area (Å²) in [5.74, 6) is 0.592. The molecule has 2 aromatic heterocycles. The molecule has 0 bridgehead atoms. The highest BCUT2D eigenvalue weighted by Gasteiger charge is 2.25. The molecule has 0 saturated heterocycles. The van der Waals surface area contributed by atoms with E-state index in [1.54, 1.807) is 11.3 Å². The van der Waals surface area contributed by atoms with E-state index < -0.39 is 0 Å². The Morgan fingerprint density at radius 3 is 3.05 bits per heavy atom. The molecule has 0 aromatic carbocycles. The monoisotopic (exact) mass is 370 g/mol. The summed E-state index contributed by atoms with van der Waals surface area (Å²) in [4.78, 5) is 7.75. The molecule has 0 fully saturated rings. The molecule has 3 rings (SSSR count). The molecule has 1 aliphatic rings. The lowest BCUT2D eigenvalue weighted by Gasteiger charge is -2.22. The zero-order chi connectivity index (χ0) is 14.1. The topological polar surface area (TPSA) is 24.9 Å². The van der Waals surface area contributed by atoms with E-state index in [-0.39, 0.29) is 0 Å². The molecule has 1 unspecified atom stereocenters. The second kappa shape index (κ2) is 6.26. The molecule has 5 heteroatoms. The van der Waals surface area contributed by atoms with Crippen LogP contribution in [0.4, 0.5) is 0 Å². The van der Waals surface area contributed by atoms with Gasteiger partial charge in [-0.1, -0.05) is 13.8 Å². The predicted octanol–water partition coefficient (Wildman–Crippen LogP) is 5.05. The number of thiophene rings is 1. The summed E-state index contributed by atoms with van der Waals surface area (Å²) < 4.78 is 1.16. The summed E-state index contributed by atoms with van der Waals surface area (Å²) >= 11 is 7.19. The Balaban J connectivity index is 1.84. The largest absolute Gasteiger partial charge is 0.314 e. The number of nitrogens with zero attached hydrogens (tertiary/aromatic N) is 1. The molecule has 0 amide bonds. The van der Waals surface area contributed by atoms with Gasteiger partial charge in [0.15, 0.2) is 0 Å². The number of hydrogen-bond donors (Lipinski definition) is 1. The van der Waals surface area contributed by atoms with Crippen molar-refractivity contribution in [1.29, 1.82) is 0 Å². The highest BCUT2D eigenvalue weighted by Crippen LogP contribution is 2.40. The zero-order valence-electron chi connectivity index (χ0n) is 11.8. The van der Waals surface area contributed by atoms with Crippen molar-refractivity contribution in [3.05, 3.63) is 26.5 Å². The molecule has 1 atom stereocenters. The first-order valence-corrected chi connectivity index (χ1v) is 9.60. The number of aryl methyl sites for hydroxylation is 1. The molecule has 0 saturated carbocycles. The maximum atomic E-state index is 4.96. The second-order valence-electron chi connectivity index (χ2n) is 5.61. The summed E-state index contributed by atoms with van der Waals surface area (Å²) in [6.07, 6.45) is 3.77. The number of rotatable bonds is 4. The third-order valence-corrected chi connectivity index (χ3v) is 6.61. The third-order valence-electron chi connectivity index (χ3n) is 3.62. The van der Waals surface area contributed by atoms with Crippen molar-refractivity contribution in [3.8, 4) is 9.88 Å². The lowest BCUT2D eigenvalue weighted by atomic mass is 9.91. The second-order valence-corrected chi connectivity index (χ2v) is 8.52. The molecule has 2 aromatic rings. The highest BCUT2D eigenvalue weighted by molar-refractivity contribution is 9.10. The van der Waals surface area contributed by atoms with Gasteiger partial charge in [0.1, 0.15) is 5.01 Å². The van der Waals surface area contributed by atoms with Crippen LogP contribution in [0.1, 0.15) is 43.2 Å². The fraction of sp³-hybridized carbons (Fsp3) is 0.533. The first-order chi connectivity index (χ1) is 9.63. The SMILES string of the molecule is CC(C)NCC1CCCc2sc(-c3cc(Br)cs3)nc21. The van der Waals surface area contributed by atoms with Gasteiger partial charge in [-0.2, -0.15) is 0 Å². The van der Waals surface area contributed by atoms with Gasteiger partial charge >= 0.3 is 0 Å². The fourth-order valence-electron chi connectivity index (χ4n) is 2.61. The summed E-state index contributed by atoms with van der Waals surface area (Å²) in [7, 11) is 0. The Kier molecular flexibility index (Phi) is 4.60. The highest BCUT2D eigenvalue weighted by atomic mass is 79.9. The van der Waals surface area contributed by atoms with E-state index >= 15 is 0 Å². The van der Waals surface area contributed by atoms with Crippen molar-refractivity contribution in [2.24, 2.45) is 0 Å². The Labute approximate surface area is 136 Å². The number of aromatic nitrogens is 1. The minimum Gasteiger partial charge on any atom is -0.314 e. The van der Waals surface area contributed by atoms with E-state index in [9.17, 15) is 0 Å². The Morgan fingerprint density at radius 2 is 2.35 bits per heavy atom. The normalized spacial score (nSPS) is 18.5. The lowest BCUT2D eigenvalue weighted by molar-refractivity contribution is 0.475. The van der Waals surface area contributed by atoms with Crippen LogP contribution in [0.3, 0.4) is 0 Å². The lowest BCUT2D eigenvalue weighted by Crippen LogP contribution is -2.29. The van der Waals surface area contributed by atoms with Crippen molar-refractivity contribution in [1.82, 2.24) is 10.3 Å². The maximum Gasteiger partial charge on any atom is 0.133 e. The van der Waals surface area contributed by atoms with Crippen molar-refractivity contribution in [2.45, 2.75) is 45.1 Å². The molecular weight excluding hydrogens is 352 g/mol. The first-order valence-electron chi connectivity index (χ1n) is 7.11. The van der Waals surface area contributed by atoms with E-state index in [2.05, 4.69) is 46.5 Å². The molecule has 20 heavy (non-hydrogen) atoms. The number of thiazole rings is 1. The van der Waals surface area contributed by atoms with E-state index in [4.69, 9.17) is 4.98 Å². The maximum absolute atomic E-state index is 4.96. The van der Waals surface area contributed by atoms with Crippen LogP contribution in [-0.4, -0.2) is 17.6 Å². The van der Waals surface area contributed by atoms with Gasteiger partial charge in [-0.25, -0.2) is 4.98 Å². The van der Waals surface area contributed by atoms with Gasteiger partial charge in [-0.15, -0.1) is 22.7 Å². The van der Waals surface area contributed by atoms with Crippen LogP contribution in [0.25, 0.3) is 9.88 Å². The predicted molar refractivity (Wildman–Crippen MR) is 91.9 cm³/mol. The minimum absolute atomic E-state index is 0.548. The van der Waals surface area contributed by atoms with E-state index in [0.717, 1.165) is 11.0 Å². The number of nitrogens with one attached hydrogen (secondary N) is 1. The van der Waals surface area contributed by atoms with Gasteiger partial charge in [-0.05, 0) is 41.3 Å². The molecule has 0 aliphatic heterocycles. The van der Waals surface area contributed by atoms with Crippen molar-refractivity contribution in [2.75, 3.05) is 6.54 Å². The molecule has 0 spiro atoms. The van der Waals surface area contributed by atoms with Crippen molar-refractivity contribution in [3.63, 3.8) is 0 Å². The molecule has 1 N–H and O–H groups in total. The average molecular weight is 371 g/mol. The summed E-state index contributed by atoms with van der Waals surface area (Å²) in [5.41, 5.74) is 1.36. The van der Waals surface area contributed by atoms with Crippen molar-refractivity contribution < 1.29 is 0 Å². The van der Waals surface area contributed by atoms with Crippen LogP contribution >= 0.6 is 38.6 Å². The van der Waals surface area contributed by atoms with Crippen molar-refractivity contribution >= 4 is 38.6 Å². The molecule has 0 radical (unpaired) electrons. The first kappa shape index (κ1) is 14.7. The summed E-state index contributed by atoms with van der Waals surface area (Å²) in [5, 5.41) is 6.90. The van der Waals surface area contributed by atoms with E-state index in [0.29, 0.717) is 12.0 Å². The van der Waals surface area contributed by atoms with Gasteiger partial charge in [0.2, 0.25) is 0 Å². The zero-order valence-corrected chi connectivity index (χ0v) is 15.0. The van der Waals surface area contributed by atoms with Gasteiger partial charge in [-0.3, -0.25) is 0 Å². The van der Waals surface area contributed by atoms with Crippen LogP contribution in [0.5, 0.6) is 0 Å². The molecule has 108 valence electrons. The number of fused-ring (bicyclic) bond motifs is 1. The molecular formula is C15H19BrN2S2. The number of halogens is 1. The van der Waals surface area contributed by atoms with Crippen LogP contribution in [-0.2, 0) is 6.42 Å². The standard InChI is InChI=1S/C15H19BrN2S2/c1-9(2)17-7-10-4-3-5-12-14(10)18-15(20-12)13-6-11(16)8-19-13/h6,8-10,17H,3-5,7H2,1-2H3. The summed E-state index contributed by atoms with van der Waals surface area (Å²) in [6.45, 7) is 5.47. The smallest absolute Gasteiger partial charge is 0.133 e. The molecule has 1 aliphatic carbocycles. The summed E-state index contributed by atoms with van der Waals surface area (Å²) in [6, 6.07) is 2.72. The minimum atomic E-state index is 0.548. The Hall–Kier alpha value is -0.230. The van der Waals surface area contributed by atoms with Crippen LogP contribution in [0.2, 0.25) is 0 Å². The fourth-order valence-corrected chi connectivity index (χ4v) is 5.29. The van der Waals surface area contributed by atoms with Crippen LogP contribution in [0, 0.1) is 0 Å². The average Bonchev–Trinajstić information content (AvgIpc) is 3.01. The van der Waals surface area contributed by atoms with E-state index in [1.807, 2.05) is 11.3 Å². The number of hydrogen-bond acceptors (Lipinski definition) is 4. The van der Waals surface area contributed by atoms with Gasteiger partial charge in [0.25, 0.3) is 0 Å². The van der Waals surface area contributed by atoms with Gasteiger partial charge in [0, 0.05) is 33.2 Å². The Bertz CT molecular complexity index is 588. The molecule has 2 heterocycles. The third kappa shape index (κ3) is 3.16. The van der Waals surface area contributed by atoms with E-state index in [1.165, 1.54) is 39.7 Å². The van der Waals surface area contributed by atoms with Gasteiger partial charge in [0.05, 0.1) is 10.6 Å². The Morgan fingerprint density at radius 1 is 1.50 bits per heavy atom. The quantitative estimate of drug-likeness (QED) is 0.813. The molecule has 2 nitrogen and oxygen atoms in total. The van der Waals surface area contributed by atoms with Crippen LogP contribution < -0.4 is 5.32 Å². The van der Waals surface area contributed by atoms with Gasteiger partial charge < -0.3 is 5.32 Å².